The number of esters is 2. The van der Waals surface area contributed by atoms with Crippen LogP contribution >= 0.6 is 7.82 Å². The minimum absolute atomic E-state index is 0.0270. The van der Waals surface area contributed by atoms with E-state index < -0.39 is 57.7 Å². The summed E-state index contributed by atoms with van der Waals surface area (Å²) in [5.41, 5.74) is 6.58. The Bertz CT molecular complexity index is 1700. The second-order valence-electron chi connectivity index (χ2n) is 14.8. The highest BCUT2D eigenvalue weighted by Gasteiger charge is 2.28. The Morgan fingerprint density at radius 1 is 0.705 bits per heavy atom. The number of unbranched alkanes of at least 4 members (excludes halogenated alkanes) is 14. The summed E-state index contributed by atoms with van der Waals surface area (Å²) in [6, 6.07) is 11.3. The number of phosphoric acid groups is 1. The van der Waals surface area contributed by atoms with Crippen molar-refractivity contribution in [2.75, 3.05) is 33.0 Å². The van der Waals surface area contributed by atoms with Gasteiger partial charge in [0.1, 0.15) is 25.0 Å². The summed E-state index contributed by atoms with van der Waals surface area (Å²) in [6.07, 6.45) is 20.6. The lowest BCUT2D eigenvalue weighted by atomic mass is 10.0. The Kier molecular flexibility index (Phi) is 27.0. The maximum Gasteiger partial charge on any atom is 0.472 e. The molecule has 61 heavy (non-hydrogen) atoms. The van der Waals surface area contributed by atoms with Gasteiger partial charge < -0.3 is 35.3 Å². The van der Waals surface area contributed by atoms with E-state index in [0.717, 1.165) is 25.7 Å². The van der Waals surface area contributed by atoms with Crippen LogP contribution in [0.1, 0.15) is 149 Å². The van der Waals surface area contributed by atoms with Crippen molar-refractivity contribution >= 4 is 37.4 Å². The smallest absolute Gasteiger partial charge is 0.472 e. The Morgan fingerprint density at radius 2 is 1.20 bits per heavy atom. The molecule has 5 N–H and O–H groups in total. The van der Waals surface area contributed by atoms with E-state index in [1.807, 2.05) is 0 Å². The zero-order valence-electron chi connectivity index (χ0n) is 35.5. The van der Waals surface area contributed by atoms with Gasteiger partial charge in [0.25, 0.3) is 5.91 Å². The Labute approximate surface area is 360 Å². The molecule has 2 aromatic rings. The van der Waals surface area contributed by atoms with E-state index in [9.17, 15) is 33.4 Å². The Balaban J connectivity index is 1.71. The molecule has 0 saturated carbocycles. The fourth-order valence-electron chi connectivity index (χ4n) is 6.01. The quantitative estimate of drug-likeness (QED) is 0.0171. The van der Waals surface area contributed by atoms with E-state index >= 15 is 0 Å². The second kappa shape index (κ2) is 31.3. The zero-order chi connectivity index (χ0) is 44.7. The molecular weight excluding hydrogens is 807 g/mol. The van der Waals surface area contributed by atoms with E-state index in [2.05, 4.69) is 22.7 Å². The molecule has 0 saturated heterocycles. The molecule has 2 rings (SSSR count). The number of nitrogens with one attached hydrogen (secondary N) is 1. The van der Waals surface area contributed by atoms with Gasteiger partial charge in [-0.3, -0.25) is 33.0 Å². The normalized spacial score (nSPS) is 13.0. The SMILES string of the molecule is C#CCOc1ccc(C(=O)c2ccc(C(=O)NCCCCCC(=O)OC[C@@H](COP(=O)(O)OC[C@H](N)C(=O)O)OC(=O)CCCCCCCCCCCCCCC)cc2)cc1. The van der Waals surface area contributed by atoms with Crippen molar-refractivity contribution in [1.29, 1.82) is 0 Å². The van der Waals surface area contributed by atoms with Crippen LogP contribution in [0.15, 0.2) is 48.5 Å². The van der Waals surface area contributed by atoms with Gasteiger partial charge in [-0.25, -0.2) is 4.57 Å². The number of ether oxygens (including phenoxy) is 3. The first-order valence-electron chi connectivity index (χ1n) is 21.4. The van der Waals surface area contributed by atoms with E-state index in [1.54, 1.807) is 48.5 Å². The summed E-state index contributed by atoms with van der Waals surface area (Å²) in [6.45, 7) is 0.771. The Morgan fingerprint density at radius 3 is 1.75 bits per heavy atom. The monoisotopic (exact) mass is 872 g/mol. The van der Waals surface area contributed by atoms with Gasteiger partial charge in [0.05, 0.1) is 13.2 Å². The van der Waals surface area contributed by atoms with Crippen molar-refractivity contribution < 1.29 is 61.8 Å². The summed E-state index contributed by atoms with van der Waals surface area (Å²) in [4.78, 5) is 71.6. The molecule has 1 amide bonds. The lowest BCUT2D eigenvalue weighted by molar-refractivity contribution is -0.161. The first-order chi connectivity index (χ1) is 29.3. The first-order valence-corrected chi connectivity index (χ1v) is 22.9. The van der Waals surface area contributed by atoms with Gasteiger partial charge in [0.15, 0.2) is 11.9 Å². The Hall–Kier alpha value is -4.58. The lowest BCUT2D eigenvalue weighted by Crippen LogP contribution is -2.34. The molecule has 1 unspecified atom stereocenters. The van der Waals surface area contributed by atoms with Gasteiger partial charge in [0, 0.05) is 36.1 Å². The van der Waals surface area contributed by atoms with Crippen LogP contribution in [0.3, 0.4) is 0 Å². The molecule has 3 atom stereocenters. The molecule has 2 aromatic carbocycles. The van der Waals surface area contributed by atoms with E-state index in [1.165, 1.54) is 51.4 Å². The van der Waals surface area contributed by atoms with E-state index in [4.69, 9.17) is 36.0 Å². The summed E-state index contributed by atoms with van der Waals surface area (Å²) in [5.74, 6) is -0.218. The van der Waals surface area contributed by atoms with Crippen molar-refractivity contribution in [3.8, 4) is 18.1 Å². The third-order valence-electron chi connectivity index (χ3n) is 9.56. The number of carbonyl (C=O) groups excluding carboxylic acids is 4. The van der Waals surface area contributed by atoms with Crippen LogP contribution in [0.5, 0.6) is 5.75 Å². The van der Waals surface area contributed by atoms with Crippen LogP contribution in [0.4, 0.5) is 0 Å². The van der Waals surface area contributed by atoms with Crippen molar-refractivity contribution in [2.45, 2.75) is 135 Å². The molecule has 338 valence electrons. The van der Waals surface area contributed by atoms with Gasteiger partial charge in [-0.05, 0) is 55.7 Å². The van der Waals surface area contributed by atoms with Crippen LogP contribution in [0, 0.1) is 12.3 Å². The summed E-state index contributed by atoms with van der Waals surface area (Å²) < 4.78 is 37.9. The molecule has 0 radical (unpaired) electrons. The van der Waals surface area contributed by atoms with E-state index in [0.29, 0.717) is 54.7 Å². The highest BCUT2D eigenvalue weighted by Crippen LogP contribution is 2.43. The number of carbonyl (C=O) groups is 5. The number of rotatable bonds is 35. The molecule has 0 aliphatic rings. The fourth-order valence-corrected chi connectivity index (χ4v) is 6.79. The average molecular weight is 873 g/mol. The second-order valence-corrected chi connectivity index (χ2v) is 16.2. The molecule has 0 aromatic heterocycles. The molecular formula is C45H65N2O13P. The standard InChI is InChI=1S/C45H65N2O13P/c1-3-5-6-7-8-9-10-11-12-13-14-15-17-21-42(49)60-39(33-58-61(54,55)59-34-40(46)45(52)53)32-57-41(48)20-18-16-19-30-47-44(51)37-24-22-35(23-25-37)43(50)36-26-28-38(29-27-36)56-31-4-2/h2,22-29,39-40H,3,5-21,30-34,46H2,1H3,(H,47,51)(H,52,53)(H,54,55)/t39-,40-/m0/s1. The summed E-state index contributed by atoms with van der Waals surface area (Å²) in [5, 5.41) is 11.7. The largest absolute Gasteiger partial charge is 0.481 e. The molecule has 0 bridgehead atoms. The molecule has 0 aliphatic carbocycles. The molecule has 0 fully saturated rings. The highest BCUT2D eigenvalue weighted by atomic mass is 31.2. The minimum atomic E-state index is -4.79. The van der Waals surface area contributed by atoms with Crippen LogP contribution in [0.2, 0.25) is 0 Å². The number of hydrogen-bond donors (Lipinski definition) is 4. The number of benzene rings is 2. The maximum atomic E-state index is 12.8. The van der Waals surface area contributed by atoms with E-state index in [-0.39, 0.29) is 31.1 Å². The molecule has 16 heteroatoms. The maximum absolute atomic E-state index is 12.8. The topological polar surface area (TPSA) is 227 Å². The number of terminal acetylenes is 1. The van der Waals surface area contributed by atoms with Crippen molar-refractivity contribution in [1.82, 2.24) is 5.32 Å². The molecule has 15 nitrogen and oxygen atoms in total. The summed E-state index contributed by atoms with van der Waals surface area (Å²) >= 11 is 0. The lowest BCUT2D eigenvalue weighted by Gasteiger charge is -2.20. The number of phosphoric ester groups is 1. The zero-order valence-corrected chi connectivity index (χ0v) is 36.4. The first kappa shape index (κ1) is 52.6. The third-order valence-corrected chi connectivity index (χ3v) is 10.5. The van der Waals surface area contributed by atoms with Gasteiger partial charge in [-0.1, -0.05) is 108 Å². The van der Waals surface area contributed by atoms with Gasteiger partial charge in [0.2, 0.25) is 0 Å². The van der Waals surface area contributed by atoms with Gasteiger partial charge in [-0.15, -0.1) is 6.42 Å². The predicted molar refractivity (Wildman–Crippen MR) is 230 cm³/mol. The number of ketones is 1. The van der Waals surface area contributed by atoms with Gasteiger partial charge >= 0.3 is 25.7 Å². The number of amides is 1. The average Bonchev–Trinajstić information content (AvgIpc) is 3.25. The number of aliphatic carboxylic acids is 1. The predicted octanol–water partition coefficient (Wildman–Crippen LogP) is 7.70. The molecule has 0 heterocycles. The number of nitrogens with two attached hydrogens (primary N) is 1. The highest BCUT2D eigenvalue weighted by molar-refractivity contribution is 7.47. The third kappa shape index (κ3) is 24.5. The van der Waals surface area contributed by atoms with Gasteiger partial charge in [-0.2, -0.15) is 0 Å². The van der Waals surface area contributed by atoms with Crippen LogP contribution in [-0.4, -0.2) is 84.7 Å². The van der Waals surface area contributed by atoms with Crippen LogP contribution in [0.25, 0.3) is 0 Å². The van der Waals surface area contributed by atoms with Crippen molar-refractivity contribution in [3.05, 3.63) is 65.2 Å². The summed E-state index contributed by atoms with van der Waals surface area (Å²) in [7, 11) is -4.79. The van der Waals surface area contributed by atoms with Crippen LogP contribution in [-0.2, 0) is 37.5 Å². The number of carboxylic acids is 1. The molecule has 0 spiro atoms. The number of hydrogen-bond acceptors (Lipinski definition) is 12. The van der Waals surface area contributed by atoms with Crippen molar-refractivity contribution in [3.63, 3.8) is 0 Å². The van der Waals surface area contributed by atoms with Crippen LogP contribution < -0.4 is 15.8 Å². The molecule has 0 aliphatic heterocycles. The minimum Gasteiger partial charge on any atom is -0.481 e. The number of carboxylic acid groups (broad SMARTS) is 1. The van der Waals surface area contributed by atoms with Crippen molar-refractivity contribution in [2.24, 2.45) is 5.73 Å². The fraction of sp³-hybridized carbons (Fsp3) is 0.578.